The topological polar surface area (TPSA) is 85.8 Å². The van der Waals surface area contributed by atoms with Gasteiger partial charge in [0.15, 0.2) is 0 Å². The van der Waals surface area contributed by atoms with Crippen molar-refractivity contribution in [1.82, 2.24) is 25.3 Å². The second-order valence-corrected chi connectivity index (χ2v) is 7.50. The van der Waals surface area contributed by atoms with Crippen molar-refractivity contribution in [1.29, 1.82) is 0 Å². The van der Waals surface area contributed by atoms with E-state index in [2.05, 4.69) is 20.6 Å². The van der Waals surface area contributed by atoms with Crippen LogP contribution in [0.5, 0.6) is 0 Å². The van der Waals surface area contributed by atoms with Crippen LogP contribution in [0, 0.1) is 0 Å². The first-order chi connectivity index (χ1) is 13.7. The Morgan fingerprint density at radius 2 is 2.07 bits per heavy atom. The number of aromatic nitrogens is 4. The van der Waals surface area contributed by atoms with Crippen LogP contribution in [-0.2, 0) is 23.2 Å². The number of hydrogen-bond donors (Lipinski definition) is 1. The molecule has 1 aliphatic rings. The summed E-state index contributed by atoms with van der Waals surface area (Å²) in [4.78, 5) is 12.0. The number of halogens is 1. The molecule has 28 heavy (non-hydrogen) atoms. The summed E-state index contributed by atoms with van der Waals surface area (Å²) < 4.78 is 7.72. The molecule has 2 heterocycles. The number of carbonyl (C=O) groups excluding carboxylic acids is 1. The molecular weight excluding hydrogens is 378 g/mol. The molecule has 1 aliphatic carbocycles. The highest BCUT2D eigenvalue weighted by molar-refractivity contribution is 6.30. The second-order valence-electron chi connectivity index (χ2n) is 7.06. The minimum atomic E-state index is -0.220. The van der Waals surface area contributed by atoms with E-state index in [1.54, 1.807) is 10.9 Å². The van der Waals surface area contributed by atoms with Crippen LogP contribution in [0.3, 0.4) is 0 Å². The fourth-order valence-electron chi connectivity index (χ4n) is 3.52. The monoisotopic (exact) mass is 399 g/mol. The van der Waals surface area contributed by atoms with E-state index in [-0.39, 0.29) is 11.3 Å². The van der Waals surface area contributed by atoms with E-state index in [9.17, 15) is 4.79 Å². The minimum absolute atomic E-state index is 0.0389. The van der Waals surface area contributed by atoms with Gasteiger partial charge in [-0.3, -0.25) is 9.48 Å². The van der Waals surface area contributed by atoms with Crippen molar-refractivity contribution in [3.8, 4) is 0 Å². The molecule has 3 aromatic rings. The summed E-state index contributed by atoms with van der Waals surface area (Å²) in [6.07, 6.45) is 7.40. The number of benzene rings is 1. The molecule has 0 radical (unpaired) electrons. The predicted octanol–water partition coefficient (Wildman–Crippen LogP) is 3.14. The van der Waals surface area contributed by atoms with Crippen LogP contribution < -0.4 is 5.32 Å². The standard InChI is InChI=1S/C20H22ClN5O2/c21-16-5-3-15(4-6-16)20(9-1-10-20)19-25-24-18(28-19)8-7-17(27)22-12-14-26-13-2-11-23-26/h2-6,11,13H,1,7-10,12,14H2,(H,22,27). The molecule has 0 saturated heterocycles. The van der Waals surface area contributed by atoms with Gasteiger partial charge in [-0.1, -0.05) is 30.2 Å². The van der Waals surface area contributed by atoms with Crippen LogP contribution in [0.15, 0.2) is 47.1 Å². The lowest BCUT2D eigenvalue weighted by Gasteiger charge is -2.39. The highest BCUT2D eigenvalue weighted by atomic mass is 35.5. The van der Waals surface area contributed by atoms with Gasteiger partial charge in [0.25, 0.3) is 0 Å². The normalized spacial score (nSPS) is 15.2. The van der Waals surface area contributed by atoms with E-state index >= 15 is 0 Å². The maximum absolute atomic E-state index is 12.0. The highest BCUT2D eigenvalue weighted by Gasteiger charge is 2.45. The van der Waals surface area contributed by atoms with Gasteiger partial charge in [0.1, 0.15) is 0 Å². The average Bonchev–Trinajstić information content (AvgIpc) is 3.33. The van der Waals surface area contributed by atoms with E-state index in [1.807, 2.05) is 36.5 Å². The molecule has 1 aromatic carbocycles. The van der Waals surface area contributed by atoms with Crippen LogP contribution in [0.25, 0.3) is 0 Å². The maximum Gasteiger partial charge on any atom is 0.227 e. The van der Waals surface area contributed by atoms with Gasteiger partial charge >= 0.3 is 0 Å². The first-order valence-corrected chi connectivity index (χ1v) is 9.86. The Kier molecular flexibility index (Phi) is 5.43. The van der Waals surface area contributed by atoms with Crippen molar-refractivity contribution in [2.45, 2.75) is 44.1 Å². The minimum Gasteiger partial charge on any atom is -0.424 e. The molecule has 1 N–H and O–H groups in total. The zero-order valence-electron chi connectivity index (χ0n) is 15.5. The van der Waals surface area contributed by atoms with E-state index in [1.165, 1.54) is 0 Å². The van der Waals surface area contributed by atoms with Crippen molar-refractivity contribution >= 4 is 17.5 Å². The van der Waals surface area contributed by atoms with Crippen molar-refractivity contribution in [3.05, 3.63) is 65.1 Å². The molecule has 1 fully saturated rings. The Bertz CT molecular complexity index is 916. The summed E-state index contributed by atoms with van der Waals surface area (Å²) in [6.45, 7) is 1.18. The average molecular weight is 400 g/mol. The Morgan fingerprint density at radius 1 is 1.25 bits per heavy atom. The van der Waals surface area contributed by atoms with Gasteiger partial charge in [0.05, 0.1) is 12.0 Å². The fourth-order valence-corrected chi connectivity index (χ4v) is 3.65. The Labute approximate surface area is 168 Å². The van der Waals surface area contributed by atoms with Crippen LogP contribution in [0.2, 0.25) is 5.02 Å². The number of nitrogens with one attached hydrogen (secondary N) is 1. The lowest BCUT2D eigenvalue weighted by molar-refractivity contribution is -0.121. The predicted molar refractivity (Wildman–Crippen MR) is 104 cm³/mol. The number of nitrogens with zero attached hydrogens (tertiary/aromatic N) is 4. The van der Waals surface area contributed by atoms with Crippen LogP contribution in [0.4, 0.5) is 0 Å². The molecule has 4 rings (SSSR count). The van der Waals surface area contributed by atoms with Gasteiger partial charge < -0.3 is 9.73 Å². The highest BCUT2D eigenvalue weighted by Crippen LogP contribution is 2.48. The number of aryl methyl sites for hydroxylation is 1. The van der Waals surface area contributed by atoms with Crippen LogP contribution >= 0.6 is 11.6 Å². The number of carbonyl (C=O) groups is 1. The summed E-state index contributed by atoms with van der Waals surface area (Å²) in [5, 5.41) is 16.1. The van der Waals surface area contributed by atoms with Gasteiger partial charge in [-0.2, -0.15) is 5.10 Å². The Balaban J connectivity index is 1.32. The number of rotatable bonds is 8. The Morgan fingerprint density at radius 3 is 2.75 bits per heavy atom. The van der Waals surface area contributed by atoms with Crippen molar-refractivity contribution in [3.63, 3.8) is 0 Å². The molecule has 0 bridgehead atoms. The van der Waals surface area contributed by atoms with Gasteiger partial charge in [0, 0.05) is 36.8 Å². The quantitative estimate of drug-likeness (QED) is 0.628. The van der Waals surface area contributed by atoms with Gasteiger partial charge in [0.2, 0.25) is 17.7 Å². The molecule has 0 aliphatic heterocycles. The SMILES string of the molecule is O=C(CCc1nnc(C2(c3ccc(Cl)cc3)CCC2)o1)NCCn1cccn1. The summed E-state index contributed by atoms with van der Waals surface area (Å²) in [6, 6.07) is 9.69. The number of amides is 1. The lowest BCUT2D eigenvalue weighted by Crippen LogP contribution is -2.35. The third kappa shape index (κ3) is 3.94. The summed E-state index contributed by atoms with van der Waals surface area (Å²) in [5.41, 5.74) is 0.928. The van der Waals surface area contributed by atoms with Gasteiger partial charge in [-0.05, 0) is 36.6 Å². The molecule has 146 valence electrons. The maximum atomic E-state index is 12.0. The van der Waals surface area contributed by atoms with E-state index in [0.29, 0.717) is 42.7 Å². The third-order valence-corrected chi connectivity index (χ3v) is 5.52. The molecule has 1 amide bonds. The molecular formula is C20H22ClN5O2. The molecule has 0 atom stereocenters. The zero-order chi connectivity index (χ0) is 19.4. The molecule has 2 aromatic heterocycles. The van der Waals surface area contributed by atoms with Gasteiger partial charge in [-0.15, -0.1) is 10.2 Å². The molecule has 8 heteroatoms. The first-order valence-electron chi connectivity index (χ1n) is 9.49. The van der Waals surface area contributed by atoms with E-state index in [4.69, 9.17) is 16.0 Å². The summed E-state index contributed by atoms with van der Waals surface area (Å²) in [7, 11) is 0. The van der Waals surface area contributed by atoms with E-state index < -0.39 is 0 Å². The smallest absolute Gasteiger partial charge is 0.227 e. The summed E-state index contributed by atoms with van der Waals surface area (Å²) >= 11 is 6.02. The molecule has 0 spiro atoms. The van der Waals surface area contributed by atoms with Crippen LogP contribution in [0.1, 0.15) is 43.0 Å². The largest absolute Gasteiger partial charge is 0.424 e. The van der Waals surface area contributed by atoms with E-state index in [0.717, 1.165) is 24.8 Å². The zero-order valence-corrected chi connectivity index (χ0v) is 16.2. The second kappa shape index (κ2) is 8.14. The van der Waals surface area contributed by atoms with Gasteiger partial charge in [-0.25, -0.2) is 0 Å². The molecule has 7 nitrogen and oxygen atoms in total. The summed E-state index contributed by atoms with van der Waals surface area (Å²) in [5.74, 6) is 1.09. The lowest BCUT2D eigenvalue weighted by atomic mass is 9.64. The van der Waals surface area contributed by atoms with Crippen molar-refractivity contribution in [2.24, 2.45) is 0 Å². The number of hydrogen-bond acceptors (Lipinski definition) is 5. The molecule has 1 saturated carbocycles. The van der Waals surface area contributed by atoms with Crippen LogP contribution in [-0.4, -0.2) is 32.4 Å². The third-order valence-electron chi connectivity index (χ3n) is 5.27. The fraction of sp³-hybridized carbons (Fsp3) is 0.400. The van der Waals surface area contributed by atoms with Crippen molar-refractivity contribution in [2.75, 3.05) is 6.54 Å². The first kappa shape index (κ1) is 18.7. The molecule has 0 unspecified atom stereocenters. The van der Waals surface area contributed by atoms with Crippen molar-refractivity contribution < 1.29 is 9.21 Å². The Hall–Kier alpha value is -2.67.